The number of nitrogens with one attached hydrogen (secondary N) is 2. The standard InChI is InChI=1S/C12H15FN2O2/c1-2-6-14-12(16)10-7-15-11-8(13)4-3-5-9(11)17-10/h3-5,10,15H,2,6-7H2,1H3,(H,14,16). The second kappa shape index (κ2) is 5.03. The van der Waals surface area contributed by atoms with Crippen LogP contribution >= 0.6 is 0 Å². The molecule has 1 heterocycles. The Hall–Kier alpha value is -1.78. The van der Waals surface area contributed by atoms with E-state index in [4.69, 9.17) is 4.74 Å². The van der Waals surface area contributed by atoms with Crippen molar-refractivity contribution in [3.63, 3.8) is 0 Å². The molecule has 0 aromatic heterocycles. The average Bonchev–Trinajstić information content (AvgIpc) is 2.36. The molecule has 0 fully saturated rings. The van der Waals surface area contributed by atoms with Crippen LogP contribution in [0.5, 0.6) is 5.75 Å². The number of carbonyl (C=O) groups excluding carboxylic acids is 1. The number of amides is 1. The van der Waals surface area contributed by atoms with Gasteiger partial charge in [0, 0.05) is 6.54 Å². The number of hydrogen-bond acceptors (Lipinski definition) is 3. The Morgan fingerprint density at radius 3 is 3.24 bits per heavy atom. The van der Waals surface area contributed by atoms with Crippen LogP contribution in [0.15, 0.2) is 18.2 Å². The normalized spacial score (nSPS) is 17.6. The van der Waals surface area contributed by atoms with E-state index in [1.165, 1.54) is 6.07 Å². The van der Waals surface area contributed by atoms with Crippen LogP contribution in [0.25, 0.3) is 0 Å². The minimum Gasteiger partial charge on any atom is -0.476 e. The summed E-state index contributed by atoms with van der Waals surface area (Å²) in [5, 5.41) is 5.63. The summed E-state index contributed by atoms with van der Waals surface area (Å²) in [4.78, 5) is 11.7. The van der Waals surface area contributed by atoms with Crippen LogP contribution in [0.3, 0.4) is 0 Å². The van der Waals surface area contributed by atoms with Crippen molar-refractivity contribution in [1.29, 1.82) is 0 Å². The van der Waals surface area contributed by atoms with Gasteiger partial charge in [-0.05, 0) is 18.6 Å². The Kier molecular flexibility index (Phi) is 3.46. The van der Waals surface area contributed by atoms with E-state index in [0.29, 0.717) is 18.0 Å². The molecule has 1 aliphatic rings. The summed E-state index contributed by atoms with van der Waals surface area (Å²) in [5.74, 6) is -0.155. The molecule has 1 unspecified atom stereocenters. The average molecular weight is 238 g/mol. The molecular weight excluding hydrogens is 223 g/mol. The molecule has 0 saturated carbocycles. The number of benzene rings is 1. The highest BCUT2D eigenvalue weighted by atomic mass is 19.1. The van der Waals surface area contributed by atoms with Crippen LogP contribution < -0.4 is 15.4 Å². The van der Waals surface area contributed by atoms with E-state index in [9.17, 15) is 9.18 Å². The second-order valence-corrected chi connectivity index (χ2v) is 3.89. The van der Waals surface area contributed by atoms with Gasteiger partial charge >= 0.3 is 0 Å². The van der Waals surface area contributed by atoms with Gasteiger partial charge in [0.2, 0.25) is 0 Å². The Morgan fingerprint density at radius 2 is 2.47 bits per heavy atom. The van der Waals surface area contributed by atoms with Crippen molar-refractivity contribution in [2.24, 2.45) is 0 Å². The van der Waals surface area contributed by atoms with Crippen molar-refractivity contribution in [3.8, 4) is 5.75 Å². The molecule has 2 rings (SSSR count). The lowest BCUT2D eigenvalue weighted by molar-refractivity contribution is -0.127. The highest BCUT2D eigenvalue weighted by molar-refractivity contribution is 5.83. The maximum absolute atomic E-state index is 13.4. The lowest BCUT2D eigenvalue weighted by Crippen LogP contribution is -2.45. The van der Waals surface area contributed by atoms with Gasteiger partial charge in [-0.1, -0.05) is 13.0 Å². The Bertz CT molecular complexity index is 423. The maximum atomic E-state index is 13.4. The molecule has 1 aliphatic heterocycles. The van der Waals surface area contributed by atoms with E-state index in [0.717, 1.165) is 6.42 Å². The molecule has 1 aromatic carbocycles. The van der Waals surface area contributed by atoms with Gasteiger partial charge in [-0.25, -0.2) is 4.39 Å². The van der Waals surface area contributed by atoms with Gasteiger partial charge in [0.05, 0.1) is 6.54 Å². The predicted molar refractivity (Wildman–Crippen MR) is 62.6 cm³/mol. The van der Waals surface area contributed by atoms with Crippen LogP contribution in [0.2, 0.25) is 0 Å². The monoisotopic (exact) mass is 238 g/mol. The first-order valence-corrected chi connectivity index (χ1v) is 5.69. The summed E-state index contributed by atoms with van der Waals surface area (Å²) in [6.45, 7) is 2.88. The van der Waals surface area contributed by atoms with E-state index in [1.807, 2.05) is 6.92 Å². The van der Waals surface area contributed by atoms with Crippen molar-refractivity contribution < 1.29 is 13.9 Å². The molecule has 0 radical (unpaired) electrons. The van der Waals surface area contributed by atoms with Gasteiger partial charge in [-0.15, -0.1) is 0 Å². The SMILES string of the molecule is CCCNC(=O)C1CNc2c(F)cccc2O1. The smallest absolute Gasteiger partial charge is 0.262 e. The highest BCUT2D eigenvalue weighted by Crippen LogP contribution is 2.31. The van der Waals surface area contributed by atoms with E-state index >= 15 is 0 Å². The molecule has 5 heteroatoms. The third kappa shape index (κ3) is 2.49. The molecule has 1 amide bonds. The zero-order chi connectivity index (χ0) is 12.3. The summed E-state index contributed by atoms with van der Waals surface area (Å²) in [6, 6.07) is 4.56. The second-order valence-electron chi connectivity index (χ2n) is 3.89. The third-order valence-corrected chi connectivity index (χ3v) is 2.55. The minimum atomic E-state index is -0.601. The quantitative estimate of drug-likeness (QED) is 0.839. The van der Waals surface area contributed by atoms with Gasteiger partial charge in [-0.2, -0.15) is 0 Å². The van der Waals surface area contributed by atoms with Gasteiger partial charge in [0.25, 0.3) is 5.91 Å². The van der Waals surface area contributed by atoms with Crippen molar-refractivity contribution in [3.05, 3.63) is 24.0 Å². The minimum absolute atomic E-state index is 0.172. The first kappa shape index (κ1) is 11.7. The van der Waals surface area contributed by atoms with Gasteiger partial charge in [-0.3, -0.25) is 4.79 Å². The van der Waals surface area contributed by atoms with E-state index in [-0.39, 0.29) is 18.3 Å². The molecule has 1 atom stereocenters. The summed E-state index contributed by atoms with van der Waals surface area (Å²) in [7, 11) is 0. The Labute approximate surface area is 99.2 Å². The zero-order valence-electron chi connectivity index (χ0n) is 9.63. The van der Waals surface area contributed by atoms with Crippen LogP contribution in [0, 0.1) is 5.82 Å². The number of halogens is 1. The number of hydrogen-bond donors (Lipinski definition) is 2. The molecule has 2 N–H and O–H groups in total. The highest BCUT2D eigenvalue weighted by Gasteiger charge is 2.26. The number of carbonyl (C=O) groups is 1. The summed E-state index contributed by atoms with van der Waals surface area (Å²) in [5.41, 5.74) is 0.326. The molecule has 0 aliphatic carbocycles. The van der Waals surface area contributed by atoms with Crippen LogP contribution in [-0.2, 0) is 4.79 Å². The first-order valence-electron chi connectivity index (χ1n) is 5.69. The molecule has 0 bridgehead atoms. The van der Waals surface area contributed by atoms with Crippen molar-refractivity contribution >= 4 is 11.6 Å². The molecule has 92 valence electrons. The number of para-hydroxylation sites is 1. The summed E-state index contributed by atoms with van der Waals surface area (Å²) < 4.78 is 18.8. The summed E-state index contributed by atoms with van der Waals surface area (Å²) >= 11 is 0. The van der Waals surface area contributed by atoms with Crippen LogP contribution in [-0.4, -0.2) is 25.1 Å². The fourth-order valence-corrected chi connectivity index (χ4v) is 1.67. The Morgan fingerprint density at radius 1 is 1.65 bits per heavy atom. The molecule has 0 spiro atoms. The fraction of sp³-hybridized carbons (Fsp3) is 0.417. The van der Waals surface area contributed by atoms with E-state index < -0.39 is 6.10 Å². The van der Waals surface area contributed by atoms with Gasteiger partial charge in [0.15, 0.2) is 6.10 Å². The predicted octanol–water partition coefficient (Wildman–Crippen LogP) is 1.52. The van der Waals surface area contributed by atoms with E-state index in [2.05, 4.69) is 10.6 Å². The Balaban J connectivity index is 2.06. The van der Waals surface area contributed by atoms with Crippen molar-refractivity contribution in [1.82, 2.24) is 5.32 Å². The largest absolute Gasteiger partial charge is 0.476 e. The lowest BCUT2D eigenvalue weighted by atomic mass is 10.2. The van der Waals surface area contributed by atoms with Crippen LogP contribution in [0.4, 0.5) is 10.1 Å². The molecule has 17 heavy (non-hydrogen) atoms. The third-order valence-electron chi connectivity index (χ3n) is 2.55. The van der Waals surface area contributed by atoms with Gasteiger partial charge < -0.3 is 15.4 Å². The topological polar surface area (TPSA) is 50.4 Å². The molecule has 4 nitrogen and oxygen atoms in total. The van der Waals surface area contributed by atoms with E-state index in [1.54, 1.807) is 12.1 Å². The summed E-state index contributed by atoms with van der Waals surface area (Å²) in [6.07, 6.45) is 0.271. The van der Waals surface area contributed by atoms with Crippen molar-refractivity contribution in [2.75, 3.05) is 18.4 Å². The molecule has 1 aromatic rings. The molecular formula is C12H15FN2O2. The fourth-order valence-electron chi connectivity index (χ4n) is 1.67. The first-order chi connectivity index (χ1) is 8.22. The number of ether oxygens (including phenoxy) is 1. The zero-order valence-corrected chi connectivity index (χ0v) is 9.63. The van der Waals surface area contributed by atoms with Gasteiger partial charge in [0.1, 0.15) is 17.3 Å². The maximum Gasteiger partial charge on any atom is 0.262 e. The number of fused-ring (bicyclic) bond motifs is 1. The lowest BCUT2D eigenvalue weighted by Gasteiger charge is -2.26. The number of anilines is 1. The number of rotatable bonds is 3. The molecule has 0 saturated heterocycles. The van der Waals surface area contributed by atoms with Crippen molar-refractivity contribution in [2.45, 2.75) is 19.4 Å². The van der Waals surface area contributed by atoms with Crippen LogP contribution in [0.1, 0.15) is 13.3 Å².